The van der Waals surface area contributed by atoms with Crippen molar-refractivity contribution < 1.29 is 14.0 Å². The van der Waals surface area contributed by atoms with E-state index in [1.54, 1.807) is 18.3 Å². The van der Waals surface area contributed by atoms with Crippen LogP contribution in [0.25, 0.3) is 27.5 Å². The molecule has 1 aliphatic rings. The lowest BCUT2D eigenvalue weighted by molar-refractivity contribution is -0.129. The summed E-state index contributed by atoms with van der Waals surface area (Å²) in [6.45, 7) is -0.186. The van der Waals surface area contributed by atoms with Crippen molar-refractivity contribution in [3.8, 4) is 11.8 Å². The topological polar surface area (TPSA) is 91.0 Å². The van der Waals surface area contributed by atoms with Crippen LogP contribution in [0.3, 0.4) is 0 Å². The van der Waals surface area contributed by atoms with Crippen LogP contribution >= 0.6 is 11.8 Å². The maximum Gasteiger partial charge on any atom is 0.252 e. The average Bonchev–Trinajstić information content (AvgIpc) is 3.48. The van der Waals surface area contributed by atoms with Crippen molar-refractivity contribution in [1.29, 1.82) is 5.26 Å². The highest BCUT2D eigenvalue weighted by Crippen LogP contribution is 2.25. The maximum absolute atomic E-state index is 13.6. The molecular weight excluding hydrogens is 441 g/mol. The third kappa shape index (κ3) is 3.90. The van der Waals surface area contributed by atoms with Gasteiger partial charge in [0.05, 0.1) is 35.1 Å². The Kier molecular flexibility index (Phi) is 5.44. The van der Waals surface area contributed by atoms with Gasteiger partial charge in [0, 0.05) is 34.6 Å². The van der Waals surface area contributed by atoms with Crippen molar-refractivity contribution in [2.24, 2.45) is 0 Å². The summed E-state index contributed by atoms with van der Waals surface area (Å²) in [6.07, 6.45) is 3.40. The van der Waals surface area contributed by atoms with E-state index in [4.69, 9.17) is 0 Å². The van der Waals surface area contributed by atoms with Crippen molar-refractivity contribution in [3.05, 3.63) is 72.3 Å². The van der Waals surface area contributed by atoms with E-state index in [-0.39, 0.29) is 18.3 Å². The first-order chi connectivity index (χ1) is 16.0. The number of nitrogens with zero attached hydrogens (tertiary/aromatic N) is 4. The predicted molar refractivity (Wildman–Crippen MR) is 124 cm³/mol. The van der Waals surface area contributed by atoms with Gasteiger partial charge in [-0.1, -0.05) is 0 Å². The smallest absolute Gasteiger partial charge is 0.252 e. The number of fused-ring (bicyclic) bond motifs is 2. The van der Waals surface area contributed by atoms with Crippen LogP contribution in [0.15, 0.2) is 60.9 Å². The molecule has 1 aliphatic heterocycles. The Bertz CT molecular complexity index is 1440. The lowest BCUT2D eigenvalue weighted by Gasteiger charge is -2.18. The molecule has 2 aromatic heterocycles. The minimum Gasteiger partial charge on any atom is -0.343 e. The monoisotopic (exact) mass is 459 g/mol. The predicted octanol–water partition coefficient (Wildman–Crippen LogP) is 3.47. The molecule has 0 bridgehead atoms. The molecule has 7 nitrogen and oxygen atoms in total. The molecule has 0 unspecified atom stereocenters. The summed E-state index contributed by atoms with van der Waals surface area (Å²) in [7, 11) is 0. The van der Waals surface area contributed by atoms with Crippen LogP contribution in [0.5, 0.6) is 0 Å². The number of nitriles is 1. The fourth-order valence-electron chi connectivity index (χ4n) is 3.97. The number of halogens is 1. The quantitative estimate of drug-likeness (QED) is 0.505. The second-order valence-corrected chi connectivity index (χ2v) is 8.64. The first kappa shape index (κ1) is 21.0. The van der Waals surface area contributed by atoms with Crippen molar-refractivity contribution >= 4 is 45.4 Å². The van der Waals surface area contributed by atoms with Gasteiger partial charge in [0.1, 0.15) is 11.9 Å². The van der Waals surface area contributed by atoms with Gasteiger partial charge in [-0.25, -0.2) is 4.39 Å². The van der Waals surface area contributed by atoms with Gasteiger partial charge in [0.2, 0.25) is 5.91 Å². The summed E-state index contributed by atoms with van der Waals surface area (Å²) >= 11 is 1.52. The summed E-state index contributed by atoms with van der Waals surface area (Å²) in [6, 6.07) is 15.2. The van der Waals surface area contributed by atoms with Crippen LogP contribution in [0.1, 0.15) is 10.4 Å². The lowest BCUT2D eigenvalue weighted by atomic mass is 10.1. The van der Waals surface area contributed by atoms with E-state index in [1.807, 2.05) is 35.0 Å². The average molecular weight is 460 g/mol. The number of nitrogens with one attached hydrogen (secondary N) is 1. The first-order valence-electron chi connectivity index (χ1n) is 10.3. The minimum absolute atomic E-state index is 0.186. The summed E-state index contributed by atoms with van der Waals surface area (Å²) in [5, 5.41) is 13.3. The normalized spacial score (nSPS) is 15.6. The van der Waals surface area contributed by atoms with Gasteiger partial charge in [-0.15, -0.1) is 11.8 Å². The van der Waals surface area contributed by atoms with Gasteiger partial charge in [-0.2, -0.15) is 5.26 Å². The molecule has 0 saturated carbocycles. The van der Waals surface area contributed by atoms with Crippen LogP contribution in [0, 0.1) is 17.1 Å². The number of hydrogen-bond acceptors (Lipinski definition) is 5. The van der Waals surface area contributed by atoms with E-state index in [9.17, 15) is 19.2 Å². The van der Waals surface area contributed by atoms with Gasteiger partial charge < -0.3 is 14.8 Å². The van der Waals surface area contributed by atoms with E-state index in [1.165, 1.54) is 28.8 Å². The molecule has 0 radical (unpaired) electrons. The third-order valence-electron chi connectivity index (χ3n) is 5.65. The Morgan fingerprint density at radius 1 is 1.21 bits per heavy atom. The molecule has 1 atom stereocenters. The Balaban J connectivity index is 1.43. The molecule has 164 valence electrons. The molecule has 1 saturated heterocycles. The van der Waals surface area contributed by atoms with Crippen molar-refractivity contribution in [3.63, 3.8) is 0 Å². The molecule has 2 aromatic carbocycles. The van der Waals surface area contributed by atoms with Gasteiger partial charge in [0.25, 0.3) is 5.91 Å². The van der Waals surface area contributed by atoms with Gasteiger partial charge in [0.15, 0.2) is 0 Å². The van der Waals surface area contributed by atoms with Crippen molar-refractivity contribution in [2.75, 3.05) is 18.2 Å². The van der Waals surface area contributed by atoms with Crippen molar-refractivity contribution in [1.82, 2.24) is 19.8 Å². The van der Waals surface area contributed by atoms with Gasteiger partial charge >= 0.3 is 0 Å². The molecule has 4 aromatic rings. The number of amides is 2. The number of rotatable bonds is 4. The molecule has 2 amide bonds. The Morgan fingerprint density at radius 2 is 2.09 bits per heavy atom. The summed E-state index contributed by atoms with van der Waals surface area (Å²) in [4.78, 5) is 31.3. The number of thioether (sulfide) groups is 1. The molecule has 0 aliphatic carbocycles. The number of benzene rings is 2. The fourth-order valence-corrected chi connectivity index (χ4v) is 5.07. The van der Waals surface area contributed by atoms with Gasteiger partial charge in [-0.3, -0.25) is 14.6 Å². The van der Waals surface area contributed by atoms with Crippen LogP contribution in [0.2, 0.25) is 0 Å². The second-order valence-electron chi connectivity index (χ2n) is 7.64. The highest BCUT2D eigenvalue weighted by atomic mass is 32.2. The molecule has 33 heavy (non-hydrogen) atoms. The molecule has 1 N–H and O–H groups in total. The number of aromatic nitrogens is 2. The summed E-state index contributed by atoms with van der Waals surface area (Å²) in [5.74, 6) is 0.0421. The number of pyridine rings is 1. The molecule has 1 fully saturated rings. The zero-order valence-electron chi connectivity index (χ0n) is 17.4. The largest absolute Gasteiger partial charge is 0.343 e. The number of carbonyl (C=O) groups excluding carboxylic acids is 2. The fraction of sp³-hybridized carbons (Fsp3) is 0.167. The Hall–Kier alpha value is -3.90. The minimum atomic E-state index is -0.464. The molecular formula is C24H18FN5O2S. The lowest BCUT2D eigenvalue weighted by Crippen LogP contribution is -2.42. The Labute approximate surface area is 192 Å². The molecule has 3 heterocycles. The van der Waals surface area contributed by atoms with E-state index < -0.39 is 11.9 Å². The maximum atomic E-state index is 13.6. The Morgan fingerprint density at radius 3 is 2.94 bits per heavy atom. The molecule has 9 heteroatoms. The van der Waals surface area contributed by atoms with E-state index in [0.29, 0.717) is 28.1 Å². The molecule has 5 rings (SSSR count). The van der Waals surface area contributed by atoms with E-state index in [2.05, 4.69) is 16.4 Å². The van der Waals surface area contributed by atoms with Gasteiger partial charge in [-0.05, 0) is 48.5 Å². The van der Waals surface area contributed by atoms with Crippen molar-refractivity contribution in [2.45, 2.75) is 6.04 Å². The standard InChI is InChI=1S/C24H18FN5O2S/c25-16-1-4-22-15(9-16)6-8-29(22)17-2-3-21-20(10-17)19(5-7-27-21)24(32)28-12-23(31)30-14-33-13-18(30)11-26/h1-10,18H,12-14H2,(H,28,32)/t18-/m1/s1. The van der Waals surface area contributed by atoms with Crippen LogP contribution in [0.4, 0.5) is 4.39 Å². The summed E-state index contributed by atoms with van der Waals surface area (Å²) in [5.41, 5.74) is 2.67. The van der Waals surface area contributed by atoms with E-state index >= 15 is 0 Å². The highest BCUT2D eigenvalue weighted by Gasteiger charge is 2.29. The molecule has 0 spiro atoms. The third-order valence-corrected chi connectivity index (χ3v) is 6.66. The van der Waals surface area contributed by atoms with Crippen LogP contribution in [-0.2, 0) is 4.79 Å². The van der Waals surface area contributed by atoms with Crippen LogP contribution < -0.4 is 5.32 Å². The second kappa shape index (κ2) is 8.56. The zero-order valence-corrected chi connectivity index (χ0v) is 18.2. The van der Waals surface area contributed by atoms with Crippen LogP contribution in [-0.4, -0.2) is 50.5 Å². The highest BCUT2D eigenvalue weighted by molar-refractivity contribution is 7.99. The van der Waals surface area contributed by atoms with E-state index in [0.717, 1.165) is 16.6 Å². The first-order valence-corrected chi connectivity index (χ1v) is 11.4. The number of carbonyl (C=O) groups is 2. The summed E-state index contributed by atoms with van der Waals surface area (Å²) < 4.78 is 15.5. The SMILES string of the molecule is N#C[C@@H]1CSCN1C(=O)CNC(=O)c1ccnc2ccc(-n3ccc4cc(F)ccc43)cc12. The zero-order chi connectivity index (χ0) is 22.9. The number of hydrogen-bond donors (Lipinski definition) is 1.